The largest absolute Gasteiger partial charge is 0.294 e. The molecular formula is C12H13BO. The zero-order valence-corrected chi connectivity index (χ0v) is 8.58. The molecule has 0 spiro atoms. The van der Waals surface area contributed by atoms with Crippen LogP contribution in [0.15, 0.2) is 24.3 Å². The van der Waals surface area contributed by atoms with Gasteiger partial charge in [0.2, 0.25) is 0 Å². The highest BCUT2D eigenvalue weighted by atomic mass is 16.1. The van der Waals surface area contributed by atoms with Crippen LogP contribution in [-0.4, -0.2) is 12.5 Å². The minimum Gasteiger partial charge on any atom is -0.294 e. The maximum absolute atomic E-state index is 11.6. The van der Waals surface area contributed by atoms with E-state index in [-0.39, 0.29) is 5.78 Å². The molecular weight excluding hydrogens is 171 g/mol. The third kappa shape index (κ3) is 1.52. The SMILES string of the molecule is CB(C)c1ccc2c(c1)C(=O)CC=C2. The summed E-state index contributed by atoms with van der Waals surface area (Å²) in [6.07, 6.45) is 4.51. The molecule has 1 aromatic rings. The van der Waals surface area contributed by atoms with Gasteiger partial charge in [0.25, 0.3) is 0 Å². The van der Waals surface area contributed by atoms with Gasteiger partial charge >= 0.3 is 0 Å². The number of hydrogen-bond acceptors (Lipinski definition) is 1. The van der Waals surface area contributed by atoms with Gasteiger partial charge in [0.1, 0.15) is 0 Å². The van der Waals surface area contributed by atoms with Crippen molar-refractivity contribution in [3.8, 4) is 0 Å². The molecule has 1 nitrogen and oxygen atoms in total. The smallest absolute Gasteiger partial charge is 0.169 e. The maximum atomic E-state index is 11.6. The van der Waals surface area contributed by atoms with E-state index in [1.807, 2.05) is 24.3 Å². The Labute approximate surface area is 84.9 Å². The zero-order valence-electron chi connectivity index (χ0n) is 8.58. The molecule has 1 aliphatic carbocycles. The van der Waals surface area contributed by atoms with Crippen molar-refractivity contribution < 1.29 is 4.79 Å². The standard InChI is InChI=1S/C12H13BO/c1-13(2)10-7-6-9-4-3-5-12(14)11(9)8-10/h3-4,6-8H,5H2,1-2H3. The summed E-state index contributed by atoms with van der Waals surface area (Å²) in [5.41, 5.74) is 3.19. The fourth-order valence-electron chi connectivity index (χ4n) is 1.72. The Morgan fingerprint density at radius 1 is 1.29 bits per heavy atom. The van der Waals surface area contributed by atoms with Gasteiger partial charge < -0.3 is 0 Å². The Kier molecular flexibility index (Phi) is 2.28. The topological polar surface area (TPSA) is 17.1 Å². The summed E-state index contributed by atoms with van der Waals surface area (Å²) in [7, 11) is 0. The average Bonchev–Trinajstić information content (AvgIpc) is 2.18. The molecule has 0 aromatic heterocycles. The molecule has 0 saturated carbocycles. The molecule has 0 amide bonds. The molecule has 0 fully saturated rings. The van der Waals surface area contributed by atoms with Crippen molar-refractivity contribution >= 4 is 24.0 Å². The lowest BCUT2D eigenvalue weighted by molar-refractivity contribution is 0.0994. The number of ketones is 1. The Balaban J connectivity index is 2.52. The van der Waals surface area contributed by atoms with E-state index in [2.05, 4.69) is 19.7 Å². The van der Waals surface area contributed by atoms with Gasteiger partial charge in [0, 0.05) is 12.0 Å². The van der Waals surface area contributed by atoms with Crippen molar-refractivity contribution in [2.45, 2.75) is 20.1 Å². The van der Waals surface area contributed by atoms with Crippen molar-refractivity contribution in [1.82, 2.24) is 0 Å². The maximum Gasteiger partial charge on any atom is 0.169 e. The Morgan fingerprint density at radius 3 is 2.79 bits per heavy atom. The van der Waals surface area contributed by atoms with Gasteiger partial charge in [-0.05, 0) is 5.56 Å². The predicted octanol–water partition coefficient (Wildman–Crippen LogP) is 2.25. The van der Waals surface area contributed by atoms with Gasteiger partial charge in [-0.25, -0.2) is 0 Å². The van der Waals surface area contributed by atoms with Gasteiger partial charge in [0.15, 0.2) is 12.5 Å². The van der Waals surface area contributed by atoms with Crippen LogP contribution in [0.25, 0.3) is 6.08 Å². The molecule has 1 aliphatic rings. The molecule has 2 heteroatoms. The minimum atomic E-state index is 0.241. The molecule has 0 radical (unpaired) electrons. The Morgan fingerprint density at radius 2 is 2.07 bits per heavy atom. The lowest BCUT2D eigenvalue weighted by atomic mass is 9.49. The van der Waals surface area contributed by atoms with E-state index in [0.29, 0.717) is 13.1 Å². The highest BCUT2D eigenvalue weighted by Gasteiger charge is 2.14. The van der Waals surface area contributed by atoms with Gasteiger partial charge in [-0.2, -0.15) is 0 Å². The third-order valence-electron chi connectivity index (χ3n) is 2.65. The van der Waals surface area contributed by atoms with E-state index in [1.165, 1.54) is 5.46 Å². The normalized spacial score (nSPS) is 14.0. The number of hydrogen-bond donors (Lipinski definition) is 0. The minimum absolute atomic E-state index is 0.241. The highest BCUT2D eigenvalue weighted by Crippen LogP contribution is 2.17. The molecule has 14 heavy (non-hydrogen) atoms. The van der Waals surface area contributed by atoms with Gasteiger partial charge in [0.05, 0.1) is 0 Å². The molecule has 0 atom stereocenters. The van der Waals surface area contributed by atoms with Crippen LogP contribution in [0.1, 0.15) is 22.3 Å². The van der Waals surface area contributed by atoms with E-state index in [0.717, 1.165) is 11.1 Å². The van der Waals surface area contributed by atoms with Crippen LogP contribution in [-0.2, 0) is 0 Å². The van der Waals surface area contributed by atoms with Gasteiger partial charge in [-0.15, -0.1) is 0 Å². The van der Waals surface area contributed by atoms with E-state index in [9.17, 15) is 4.79 Å². The second-order valence-electron chi connectivity index (χ2n) is 4.03. The van der Waals surface area contributed by atoms with Gasteiger partial charge in [-0.3, -0.25) is 4.79 Å². The van der Waals surface area contributed by atoms with Crippen LogP contribution in [0.2, 0.25) is 13.6 Å². The fourth-order valence-corrected chi connectivity index (χ4v) is 1.72. The quantitative estimate of drug-likeness (QED) is 0.611. The molecule has 0 aliphatic heterocycles. The molecule has 70 valence electrons. The van der Waals surface area contributed by atoms with E-state index >= 15 is 0 Å². The molecule has 0 unspecified atom stereocenters. The number of fused-ring (bicyclic) bond motifs is 1. The lowest BCUT2D eigenvalue weighted by Gasteiger charge is -2.11. The van der Waals surface area contributed by atoms with Crippen LogP contribution < -0.4 is 5.46 Å². The number of rotatable bonds is 1. The first kappa shape index (κ1) is 9.26. The summed E-state index contributed by atoms with van der Waals surface area (Å²) in [5, 5.41) is 0. The first-order chi connectivity index (χ1) is 6.68. The summed E-state index contributed by atoms with van der Waals surface area (Å²) in [5.74, 6) is 0.241. The summed E-state index contributed by atoms with van der Waals surface area (Å²) >= 11 is 0. The first-order valence-electron chi connectivity index (χ1n) is 5.02. The van der Waals surface area contributed by atoms with E-state index in [4.69, 9.17) is 0 Å². The van der Waals surface area contributed by atoms with Crippen LogP contribution in [0, 0.1) is 0 Å². The molecule has 0 heterocycles. The monoisotopic (exact) mass is 184 g/mol. The van der Waals surface area contributed by atoms with E-state index < -0.39 is 0 Å². The molecule has 2 rings (SSSR count). The van der Waals surface area contributed by atoms with Gasteiger partial charge in [-0.1, -0.05) is 49.5 Å². The molecule has 0 bridgehead atoms. The fraction of sp³-hybridized carbons (Fsp3) is 0.250. The Bertz CT molecular complexity index is 405. The lowest BCUT2D eigenvalue weighted by Crippen LogP contribution is -2.24. The molecule has 0 N–H and O–H groups in total. The average molecular weight is 184 g/mol. The van der Waals surface area contributed by atoms with Crippen LogP contribution >= 0.6 is 0 Å². The summed E-state index contributed by atoms with van der Waals surface area (Å²) < 4.78 is 0. The van der Waals surface area contributed by atoms with Crippen LogP contribution in [0.3, 0.4) is 0 Å². The first-order valence-corrected chi connectivity index (χ1v) is 5.02. The summed E-state index contributed by atoms with van der Waals surface area (Å²) in [6.45, 7) is 4.77. The van der Waals surface area contributed by atoms with Crippen molar-refractivity contribution in [3.05, 3.63) is 35.4 Å². The summed E-state index contributed by atoms with van der Waals surface area (Å²) in [4.78, 5) is 11.6. The number of Topliss-reactive ketones (excluding diaryl/α,β-unsaturated/α-hetero) is 1. The summed E-state index contributed by atoms with van der Waals surface area (Å²) in [6, 6.07) is 6.18. The number of carbonyl (C=O) groups excluding carboxylic acids is 1. The molecule has 1 aromatic carbocycles. The predicted molar refractivity (Wildman–Crippen MR) is 61.5 cm³/mol. The van der Waals surface area contributed by atoms with Crippen molar-refractivity contribution in [1.29, 1.82) is 0 Å². The third-order valence-corrected chi connectivity index (χ3v) is 2.65. The second kappa shape index (κ2) is 3.45. The molecule has 0 saturated heterocycles. The highest BCUT2D eigenvalue weighted by molar-refractivity contribution is 6.70. The number of allylic oxidation sites excluding steroid dienone is 1. The van der Waals surface area contributed by atoms with Crippen LogP contribution in [0.4, 0.5) is 0 Å². The Hall–Kier alpha value is -1.31. The zero-order chi connectivity index (χ0) is 10.1. The van der Waals surface area contributed by atoms with Crippen molar-refractivity contribution in [2.24, 2.45) is 0 Å². The second-order valence-corrected chi connectivity index (χ2v) is 4.03. The van der Waals surface area contributed by atoms with Crippen molar-refractivity contribution in [3.63, 3.8) is 0 Å². The number of benzene rings is 1. The van der Waals surface area contributed by atoms with Crippen molar-refractivity contribution in [2.75, 3.05) is 0 Å². The van der Waals surface area contributed by atoms with Crippen LogP contribution in [0.5, 0.6) is 0 Å². The van der Waals surface area contributed by atoms with E-state index in [1.54, 1.807) is 0 Å². The number of carbonyl (C=O) groups is 1.